The largest absolute Gasteiger partial charge is 0.493 e. The molecule has 1 saturated heterocycles. The van der Waals surface area contributed by atoms with Gasteiger partial charge in [-0.1, -0.05) is 0 Å². The van der Waals surface area contributed by atoms with Crippen LogP contribution in [-0.4, -0.2) is 36.0 Å². The zero-order chi connectivity index (χ0) is 21.1. The van der Waals surface area contributed by atoms with Gasteiger partial charge < -0.3 is 9.47 Å². The lowest BCUT2D eigenvalue weighted by Crippen LogP contribution is -2.54. The van der Waals surface area contributed by atoms with E-state index in [1.165, 1.54) is 25.6 Å². The molecule has 1 N–H and O–H groups in total. The number of urea groups is 1. The predicted octanol–water partition coefficient (Wildman–Crippen LogP) is 3.31. The van der Waals surface area contributed by atoms with E-state index in [4.69, 9.17) is 9.47 Å². The maximum atomic E-state index is 12.9. The van der Waals surface area contributed by atoms with Gasteiger partial charge in [0.15, 0.2) is 11.5 Å². The minimum Gasteiger partial charge on any atom is -0.493 e. The monoisotopic (exact) mass is 459 g/mol. The van der Waals surface area contributed by atoms with Gasteiger partial charge in [0.05, 0.1) is 29.6 Å². The Morgan fingerprint density at radius 1 is 1.24 bits per heavy atom. The van der Waals surface area contributed by atoms with Gasteiger partial charge >= 0.3 is 6.03 Å². The van der Waals surface area contributed by atoms with Crippen molar-refractivity contribution in [2.45, 2.75) is 20.0 Å². The highest BCUT2D eigenvalue weighted by Crippen LogP contribution is 2.38. The van der Waals surface area contributed by atoms with Crippen molar-refractivity contribution in [1.29, 1.82) is 0 Å². The number of carbonyl (C=O) groups excluding carboxylic acids is 3. The van der Waals surface area contributed by atoms with Crippen molar-refractivity contribution in [1.82, 2.24) is 10.3 Å². The summed E-state index contributed by atoms with van der Waals surface area (Å²) in [6.07, 6.45) is 4.19. The van der Waals surface area contributed by atoms with Gasteiger partial charge in [0.25, 0.3) is 11.8 Å². The molecule has 0 atom stereocenters. The summed E-state index contributed by atoms with van der Waals surface area (Å²) < 4.78 is 11.7. The number of nitrogens with zero attached hydrogens (tertiary/aromatic N) is 2. The fourth-order valence-corrected chi connectivity index (χ4v) is 3.27. The number of anilines is 1. The Hall–Kier alpha value is -3.20. The fourth-order valence-electron chi connectivity index (χ4n) is 2.72. The maximum absolute atomic E-state index is 12.9. The van der Waals surface area contributed by atoms with E-state index in [9.17, 15) is 14.4 Å². The molecule has 1 aromatic carbocycles. The molecular formula is C20H18BrN3O5. The van der Waals surface area contributed by atoms with Crippen molar-refractivity contribution in [3.63, 3.8) is 0 Å². The SMILES string of the molecule is COc1cc(/C=C2\C(=O)NC(=O)N(c3cccnc3)C2=O)cc(Br)c1OC(C)C. The standard InChI is InChI=1S/C20H18BrN3O5/c1-11(2)29-17-15(21)8-12(9-16(17)28-3)7-14-18(25)23-20(27)24(19(14)26)13-5-4-6-22-10-13/h4-11H,1-3H3,(H,23,25,27)/b14-7+. The lowest BCUT2D eigenvalue weighted by atomic mass is 10.1. The first-order chi connectivity index (χ1) is 13.8. The number of aromatic nitrogens is 1. The highest BCUT2D eigenvalue weighted by molar-refractivity contribution is 9.10. The summed E-state index contributed by atoms with van der Waals surface area (Å²) in [6.45, 7) is 3.77. The number of carbonyl (C=O) groups is 3. The average Bonchev–Trinajstić information content (AvgIpc) is 2.67. The molecule has 0 saturated carbocycles. The molecule has 0 aliphatic carbocycles. The van der Waals surface area contributed by atoms with Crippen molar-refractivity contribution < 1.29 is 23.9 Å². The number of nitrogens with one attached hydrogen (secondary N) is 1. The normalized spacial score (nSPS) is 15.7. The molecule has 2 heterocycles. The van der Waals surface area contributed by atoms with Crippen LogP contribution in [0, 0.1) is 0 Å². The second-order valence-electron chi connectivity index (χ2n) is 6.37. The van der Waals surface area contributed by atoms with Crippen LogP contribution in [0.5, 0.6) is 11.5 Å². The summed E-state index contributed by atoms with van der Waals surface area (Å²) in [4.78, 5) is 42.2. The number of benzene rings is 1. The molecule has 3 rings (SSSR count). The zero-order valence-corrected chi connectivity index (χ0v) is 17.5. The van der Waals surface area contributed by atoms with Crippen LogP contribution in [0.25, 0.3) is 6.08 Å². The van der Waals surface area contributed by atoms with Gasteiger partial charge in [-0.2, -0.15) is 0 Å². The lowest BCUT2D eigenvalue weighted by molar-refractivity contribution is -0.122. The third-order valence-corrected chi connectivity index (χ3v) is 4.51. The molecular weight excluding hydrogens is 442 g/mol. The van der Waals surface area contributed by atoms with Crippen LogP contribution in [0.2, 0.25) is 0 Å². The summed E-state index contributed by atoms with van der Waals surface area (Å²) in [7, 11) is 1.49. The van der Waals surface area contributed by atoms with Crippen LogP contribution in [0.4, 0.5) is 10.5 Å². The number of imide groups is 2. The number of barbiturate groups is 1. The van der Waals surface area contributed by atoms with Gasteiger partial charge in [0, 0.05) is 6.20 Å². The van der Waals surface area contributed by atoms with E-state index in [0.29, 0.717) is 21.5 Å². The van der Waals surface area contributed by atoms with Crippen LogP contribution in [0.3, 0.4) is 0 Å². The summed E-state index contributed by atoms with van der Waals surface area (Å²) in [5.74, 6) is -0.581. The van der Waals surface area contributed by atoms with Crippen molar-refractivity contribution in [3.8, 4) is 11.5 Å². The first-order valence-electron chi connectivity index (χ1n) is 8.67. The van der Waals surface area contributed by atoms with E-state index in [1.807, 2.05) is 13.8 Å². The zero-order valence-electron chi connectivity index (χ0n) is 15.9. The lowest BCUT2D eigenvalue weighted by Gasteiger charge is -2.26. The van der Waals surface area contributed by atoms with Crippen LogP contribution in [0.1, 0.15) is 19.4 Å². The number of rotatable bonds is 5. The Kier molecular flexibility index (Phi) is 5.97. The maximum Gasteiger partial charge on any atom is 0.336 e. The molecule has 1 fully saturated rings. The molecule has 0 bridgehead atoms. The van der Waals surface area contributed by atoms with Crippen molar-refractivity contribution in [2.24, 2.45) is 0 Å². The summed E-state index contributed by atoms with van der Waals surface area (Å²) >= 11 is 3.43. The Morgan fingerprint density at radius 3 is 2.62 bits per heavy atom. The summed E-state index contributed by atoms with van der Waals surface area (Å²) in [5.41, 5.74) is 0.580. The number of ether oxygens (including phenoxy) is 2. The van der Waals surface area contributed by atoms with Crippen LogP contribution in [-0.2, 0) is 9.59 Å². The molecule has 8 nitrogen and oxygen atoms in total. The minimum absolute atomic E-state index is 0.0749. The molecule has 1 aromatic heterocycles. The van der Waals surface area contributed by atoms with Gasteiger partial charge in [-0.25, -0.2) is 9.69 Å². The molecule has 150 valence electrons. The molecule has 2 aromatic rings. The highest BCUT2D eigenvalue weighted by atomic mass is 79.9. The van der Waals surface area contributed by atoms with Gasteiger partial charge in [-0.3, -0.25) is 19.9 Å². The Morgan fingerprint density at radius 2 is 2.00 bits per heavy atom. The van der Waals surface area contributed by atoms with Crippen molar-refractivity contribution in [3.05, 3.63) is 52.3 Å². The summed E-state index contributed by atoms with van der Waals surface area (Å²) in [5, 5.41) is 2.17. The molecule has 0 spiro atoms. The first-order valence-corrected chi connectivity index (χ1v) is 9.46. The van der Waals surface area contributed by atoms with E-state index >= 15 is 0 Å². The number of halogens is 1. The number of amides is 4. The molecule has 9 heteroatoms. The summed E-state index contributed by atoms with van der Waals surface area (Å²) in [6, 6.07) is 5.64. The van der Waals surface area contributed by atoms with Crippen molar-refractivity contribution in [2.75, 3.05) is 12.0 Å². The van der Waals surface area contributed by atoms with E-state index in [2.05, 4.69) is 26.2 Å². The minimum atomic E-state index is -0.829. The average molecular weight is 460 g/mol. The highest BCUT2D eigenvalue weighted by Gasteiger charge is 2.37. The third kappa shape index (κ3) is 4.29. The van der Waals surface area contributed by atoms with E-state index in [0.717, 1.165) is 4.90 Å². The fraction of sp³-hybridized carbons (Fsp3) is 0.200. The second-order valence-corrected chi connectivity index (χ2v) is 7.22. The molecule has 1 aliphatic heterocycles. The quantitative estimate of drug-likeness (QED) is 0.543. The molecule has 4 amide bonds. The van der Waals surface area contributed by atoms with E-state index in [-0.39, 0.29) is 17.4 Å². The number of hydrogen-bond donors (Lipinski definition) is 1. The Balaban J connectivity index is 2.02. The molecule has 0 unspecified atom stereocenters. The van der Waals surface area contributed by atoms with Gasteiger partial charge in [-0.05, 0) is 65.7 Å². The number of hydrogen-bond acceptors (Lipinski definition) is 6. The molecule has 1 aliphatic rings. The Bertz CT molecular complexity index is 1000. The second kappa shape index (κ2) is 8.44. The third-order valence-electron chi connectivity index (χ3n) is 3.92. The Labute approximate surface area is 175 Å². The van der Waals surface area contributed by atoms with Gasteiger partial charge in [-0.15, -0.1) is 0 Å². The van der Waals surface area contributed by atoms with Crippen LogP contribution in [0.15, 0.2) is 46.7 Å². The van der Waals surface area contributed by atoms with E-state index in [1.54, 1.807) is 24.3 Å². The topological polar surface area (TPSA) is 97.8 Å². The number of pyridine rings is 1. The first kappa shape index (κ1) is 20.5. The number of methoxy groups -OCH3 is 1. The molecule has 29 heavy (non-hydrogen) atoms. The van der Waals surface area contributed by atoms with E-state index < -0.39 is 17.8 Å². The van der Waals surface area contributed by atoms with Gasteiger partial charge in [0.1, 0.15) is 5.57 Å². The van der Waals surface area contributed by atoms with Crippen LogP contribution < -0.4 is 19.7 Å². The van der Waals surface area contributed by atoms with Crippen LogP contribution >= 0.6 is 15.9 Å². The molecule has 0 radical (unpaired) electrons. The predicted molar refractivity (Wildman–Crippen MR) is 110 cm³/mol. The smallest absolute Gasteiger partial charge is 0.336 e. The van der Waals surface area contributed by atoms with Crippen molar-refractivity contribution >= 4 is 45.5 Å². The van der Waals surface area contributed by atoms with Gasteiger partial charge in [0.2, 0.25) is 0 Å².